The zero-order valence-electron chi connectivity index (χ0n) is 18.3. The summed E-state index contributed by atoms with van der Waals surface area (Å²) in [6.45, 7) is 1.70. The van der Waals surface area contributed by atoms with Crippen LogP contribution in [0.25, 0.3) is 22.0 Å². The molecule has 0 saturated carbocycles. The molecular weight excluding hydrogens is 426 g/mol. The van der Waals surface area contributed by atoms with Gasteiger partial charge in [0.1, 0.15) is 17.2 Å². The summed E-state index contributed by atoms with van der Waals surface area (Å²) in [5.41, 5.74) is 2.78. The van der Waals surface area contributed by atoms with E-state index in [-0.39, 0.29) is 18.6 Å². The highest BCUT2D eigenvalue weighted by atomic mass is 32.2. The second-order valence-corrected chi connectivity index (χ2v) is 8.60. The first-order valence-electron chi connectivity index (χ1n) is 10.3. The first kappa shape index (κ1) is 22.0. The van der Waals surface area contributed by atoms with E-state index >= 15 is 0 Å². The number of nitrogens with one attached hydrogen (secondary N) is 1. The summed E-state index contributed by atoms with van der Waals surface area (Å²) in [5, 5.41) is 3.90. The van der Waals surface area contributed by atoms with Crippen molar-refractivity contribution in [2.24, 2.45) is 7.05 Å². The van der Waals surface area contributed by atoms with Crippen LogP contribution in [0.2, 0.25) is 0 Å². The molecule has 0 aliphatic carbocycles. The van der Waals surface area contributed by atoms with Crippen LogP contribution in [0.3, 0.4) is 0 Å². The lowest BCUT2D eigenvalue weighted by molar-refractivity contribution is -0.123. The van der Waals surface area contributed by atoms with E-state index in [4.69, 9.17) is 14.1 Å². The monoisotopic (exact) mass is 451 g/mol. The van der Waals surface area contributed by atoms with Crippen LogP contribution in [0, 0.1) is 6.92 Å². The standard InChI is InChI=1S/C24H25N3O4S/c1-15-12-23(29)31-21-13-16(8-9-17(15)21)30-14-22(28)25-19(10-11-32-3)24-26-18-6-4-5-7-20(18)27(24)2/h4-9,12-13,19H,10-11,14H2,1-3H3,(H,25,28). The van der Waals surface area contributed by atoms with E-state index in [0.717, 1.165) is 40.0 Å². The quantitative estimate of drug-likeness (QED) is 0.408. The van der Waals surface area contributed by atoms with Crippen molar-refractivity contribution >= 4 is 39.7 Å². The van der Waals surface area contributed by atoms with E-state index in [9.17, 15) is 9.59 Å². The molecule has 0 spiro atoms. The van der Waals surface area contributed by atoms with Gasteiger partial charge in [-0.15, -0.1) is 0 Å². The van der Waals surface area contributed by atoms with Crippen LogP contribution in [-0.4, -0.2) is 34.1 Å². The Morgan fingerprint density at radius 2 is 2.06 bits per heavy atom. The highest BCUT2D eigenvalue weighted by molar-refractivity contribution is 7.98. The number of aryl methyl sites for hydroxylation is 2. The van der Waals surface area contributed by atoms with Gasteiger partial charge in [-0.25, -0.2) is 9.78 Å². The third-order valence-corrected chi connectivity index (χ3v) is 6.02. The van der Waals surface area contributed by atoms with Crippen molar-refractivity contribution in [3.63, 3.8) is 0 Å². The third kappa shape index (κ3) is 4.65. The van der Waals surface area contributed by atoms with Crippen LogP contribution in [0.1, 0.15) is 23.9 Å². The molecule has 2 aromatic heterocycles. The number of hydrogen-bond acceptors (Lipinski definition) is 6. The average Bonchev–Trinajstić information content (AvgIpc) is 3.11. The van der Waals surface area contributed by atoms with E-state index in [1.807, 2.05) is 55.1 Å². The third-order valence-electron chi connectivity index (χ3n) is 5.37. The topological polar surface area (TPSA) is 86.4 Å². The van der Waals surface area contributed by atoms with Gasteiger partial charge < -0.3 is 19.0 Å². The van der Waals surface area contributed by atoms with Crippen LogP contribution in [0.5, 0.6) is 5.75 Å². The predicted molar refractivity (Wildman–Crippen MR) is 127 cm³/mol. The number of imidazole rings is 1. The number of ether oxygens (including phenoxy) is 1. The molecule has 166 valence electrons. The number of carbonyl (C=O) groups excluding carboxylic acids is 1. The second-order valence-electron chi connectivity index (χ2n) is 7.61. The van der Waals surface area contributed by atoms with Gasteiger partial charge in [0.2, 0.25) is 0 Å². The van der Waals surface area contributed by atoms with Gasteiger partial charge in [-0.2, -0.15) is 11.8 Å². The number of benzene rings is 2. The summed E-state index contributed by atoms with van der Waals surface area (Å²) in [6, 6.07) is 14.4. The first-order chi connectivity index (χ1) is 15.5. The van der Waals surface area contributed by atoms with Gasteiger partial charge in [-0.3, -0.25) is 4.79 Å². The number of carbonyl (C=O) groups is 1. The minimum absolute atomic E-state index is 0.152. The minimum Gasteiger partial charge on any atom is -0.484 e. The SMILES string of the molecule is CSCCC(NC(=O)COc1ccc2c(C)cc(=O)oc2c1)c1nc2ccccc2n1C. The van der Waals surface area contributed by atoms with Crippen LogP contribution in [0.15, 0.2) is 57.7 Å². The molecule has 2 heterocycles. The van der Waals surface area contributed by atoms with E-state index < -0.39 is 5.63 Å². The Hall–Kier alpha value is -3.26. The summed E-state index contributed by atoms with van der Waals surface area (Å²) >= 11 is 1.72. The number of rotatable bonds is 8. The molecule has 1 unspecified atom stereocenters. The van der Waals surface area contributed by atoms with Crippen LogP contribution >= 0.6 is 11.8 Å². The molecule has 1 amide bonds. The fourth-order valence-electron chi connectivity index (χ4n) is 3.76. The maximum atomic E-state index is 12.7. The molecule has 1 N–H and O–H groups in total. The summed E-state index contributed by atoms with van der Waals surface area (Å²) in [6.07, 6.45) is 2.79. The molecule has 32 heavy (non-hydrogen) atoms. The fraction of sp³-hybridized carbons (Fsp3) is 0.292. The Morgan fingerprint density at radius 1 is 1.25 bits per heavy atom. The zero-order valence-corrected chi connectivity index (χ0v) is 19.1. The van der Waals surface area contributed by atoms with Gasteiger partial charge in [0, 0.05) is 24.6 Å². The van der Waals surface area contributed by atoms with Crippen molar-refractivity contribution in [3.8, 4) is 5.75 Å². The molecule has 7 nitrogen and oxygen atoms in total. The molecule has 0 bridgehead atoms. The van der Waals surface area contributed by atoms with E-state index in [1.165, 1.54) is 6.07 Å². The van der Waals surface area contributed by atoms with Crippen LogP contribution < -0.4 is 15.7 Å². The minimum atomic E-state index is -0.413. The number of thioether (sulfide) groups is 1. The molecule has 4 aromatic rings. The lowest BCUT2D eigenvalue weighted by atomic mass is 10.1. The molecule has 1 atom stereocenters. The van der Waals surface area contributed by atoms with Gasteiger partial charge in [0.05, 0.1) is 17.1 Å². The molecular formula is C24H25N3O4S. The molecule has 0 radical (unpaired) electrons. The lowest BCUT2D eigenvalue weighted by Gasteiger charge is -2.18. The number of hydrogen-bond donors (Lipinski definition) is 1. The van der Waals surface area contributed by atoms with E-state index in [1.54, 1.807) is 23.9 Å². The highest BCUT2D eigenvalue weighted by Crippen LogP contribution is 2.24. The molecule has 0 aliphatic rings. The maximum Gasteiger partial charge on any atom is 0.336 e. The lowest BCUT2D eigenvalue weighted by Crippen LogP contribution is -2.34. The Balaban J connectivity index is 1.48. The first-order valence-corrected chi connectivity index (χ1v) is 11.7. The van der Waals surface area contributed by atoms with Crippen molar-refractivity contribution in [3.05, 3.63) is 70.3 Å². The van der Waals surface area contributed by atoms with Crippen molar-refractivity contribution < 1.29 is 13.9 Å². The molecule has 0 fully saturated rings. The van der Waals surface area contributed by atoms with Gasteiger partial charge in [-0.05, 0) is 55.2 Å². The Labute approximate surface area is 189 Å². The number of nitrogens with zero attached hydrogens (tertiary/aromatic N) is 2. The van der Waals surface area contributed by atoms with Crippen LogP contribution in [0.4, 0.5) is 0 Å². The average molecular weight is 452 g/mol. The van der Waals surface area contributed by atoms with Gasteiger partial charge in [0.25, 0.3) is 5.91 Å². The zero-order chi connectivity index (χ0) is 22.7. The summed E-state index contributed by atoms with van der Waals surface area (Å²) in [5.74, 6) is 1.92. The Morgan fingerprint density at radius 3 is 2.84 bits per heavy atom. The number of para-hydroxylation sites is 2. The van der Waals surface area contributed by atoms with Crippen molar-refractivity contribution in [1.29, 1.82) is 0 Å². The van der Waals surface area contributed by atoms with Crippen molar-refractivity contribution in [2.45, 2.75) is 19.4 Å². The molecule has 2 aromatic carbocycles. The van der Waals surface area contributed by atoms with E-state index in [2.05, 4.69) is 5.32 Å². The van der Waals surface area contributed by atoms with Gasteiger partial charge >= 0.3 is 5.63 Å². The Kier molecular flexibility index (Phi) is 6.50. The maximum absolute atomic E-state index is 12.7. The normalized spacial score (nSPS) is 12.2. The molecule has 4 rings (SSSR count). The van der Waals surface area contributed by atoms with Gasteiger partial charge in [0.15, 0.2) is 6.61 Å². The number of amides is 1. The fourth-order valence-corrected chi connectivity index (χ4v) is 4.23. The smallest absolute Gasteiger partial charge is 0.336 e. The van der Waals surface area contributed by atoms with Crippen molar-refractivity contribution in [1.82, 2.24) is 14.9 Å². The molecule has 0 saturated heterocycles. The second kappa shape index (κ2) is 9.48. The Bertz CT molecular complexity index is 1330. The number of fused-ring (bicyclic) bond motifs is 2. The molecule has 8 heteroatoms. The van der Waals surface area contributed by atoms with Gasteiger partial charge in [-0.1, -0.05) is 12.1 Å². The summed E-state index contributed by atoms with van der Waals surface area (Å²) < 4.78 is 13.0. The largest absolute Gasteiger partial charge is 0.484 e. The summed E-state index contributed by atoms with van der Waals surface area (Å²) in [4.78, 5) is 29.1. The molecule has 0 aliphatic heterocycles. The van der Waals surface area contributed by atoms with Crippen LogP contribution in [-0.2, 0) is 11.8 Å². The van der Waals surface area contributed by atoms with Crippen molar-refractivity contribution in [2.75, 3.05) is 18.6 Å². The number of aromatic nitrogens is 2. The highest BCUT2D eigenvalue weighted by Gasteiger charge is 2.21. The van der Waals surface area contributed by atoms with E-state index in [0.29, 0.717) is 11.3 Å². The predicted octanol–water partition coefficient (Wildman–Crippen LogP) is 3.98. The summed E-state index contributed by atoms with van der Waals surface area (Å²) in [7, 11) is 1.96.